The molecule has 0 saturated heterocycles. The van der Waals surface area contributed by atoms with Crippen molar-refractivity contribution in [1.29, 1.82) is 0 Å². The summed E-state index contributed by atoms with van der Waals surface area (Å²) in [6.45, 7) is 4.28. The second-order valence-electron chi connectivity index (χ2n) is 3.74. The van der Waals surface area contributed by atoms with E-state index < -0.39 is 0 Å². The molecule has 0 radical (unpaired) electrons. The van der Waals surface area contributed by atoms with E-state index in [4.69, 9.17) is 5.73 Å². The molecule has 4 nitrogen and oxygen atoms in total. The Hall–Kier alpha value is -0.740. The molecule has 0 rings (SSSR count). The van der Waals surface area contributed by atoms with Crippen LogP contribution in [0.2, 0.25) is 0 Å². The fraction of sp³-hybridized carbons (Fsp3) is 0.818. The van der Waals surface area contributed by atoms with Gasteiger partial charge in [0.15, 0.2) is 0 Å². The average Bonchev–Trinajstić information content (AvgIpc) is 2.21. The number of hydrogen-bond donors (Lipinski definition) is 2. The number of carbonyl (C=O) groups is 2. The number of unbranched alkanes of at least 4 members (excludes halogenated alkanes) is 1. The highest BCUT2D eigenvalue weighted by Gasteiger charge is 2.15. The van der Waals surface area contributed by atoms with Crippen molar-refractivity contribution in [2.75, 3.05) is 13.1 Å². The van der Waals surface area contributed by atoms with E-state index in [0.717, 1.165) is 19.3 Å². The summed E-state index contributed by atoms with van der Waals surface area (Å²) < 4.78 is 0. The maximum atomic E-state index is 11.5. The Labute approximate surface area is 91.6 Å². The van der Waals surface area contributed by atoms with Crippen LogP contribution >= 0.6 is 0 Å². The minimum atomic E-state index is -0.176. The molecule has 0 aromatic heterocycles. The highest BCUT2D eigenvalue weighted by atomic mass is 16.1. The van der Waals surface area contributed by atoms with Gasteiger partial charge in [-0.1, -0.05) is 13.3 Å². The van der Waals surface area contributed by atoms with E-state index in [1.54, 1.807) is 0 Å². The quantitative estimate of drug-likeness (QED) is 0.553. The largest absolute Gasteiger partial charge is 0.330 e. The molecule has 0 spiro atoms. The van der Waals surface area contributed by atoms with Gasteiger partial charge in [0.25, 0.3) is 0 Å². The average molecular weight is 214 g/mol. The normalized spacial score (nSPS) is 12.5. The van der Waals surface area contributed by atoms with E-state index in [9.17, 15) is 9.59 Å². The zero-order valence-electron chi connectivity index (χ0n) is 9.71. The molecule has 0 aromatic carbocycles. The van der Waals surface area contributed by atoms with Crippen molar-refractivity contribution in [3.8, 4) is 0 Å². The highest BCUT2D eigenvalue weighted by molar-refractivity contribution is 5.85. The molecule has 0 bridgehead atoms. The lowest BCUT2D eigenvalue weighted by Crippen LogP contribution is -2.39. The van der Waals surface area contributed by atoms with Gasteiger partial charge in [0, 0.05) is 6.42 Å². The van der Waals surface area contributed by atoms with Crippen molar-refractivity contribution < 1.29 is 9.59 Å². The Kier molecular flexibility index (Phi) is 8.14. The molecule has 88 valence electrons. The molecule has 0 aliphatic carbocycles. The van der Waals surface area contributed by atoms with E-state index in [0.29, 0.717) is 13.0 Å². The molecule has 4 heteroatoms. The van der Waals surface area contributed by atoms with Crippen LogP contribution in [0.25, 0.3) is 0 Å². The molecule has 0 aliphatic heterocycles. The Morgan fingerprint density at radius 1 is 1.33 bits per heavy atom. The van der Waals surface area contributed by atoms with Gasteiger partial charge in [-0.3, -0.25) is 9.59 Å². The summed E-state index contributed by atoms with van der Waals surface area (Å²) in [5.41, 5.74) is 5.39. The van der Waals surface area contributed by atoms with E-state index in [1.165, 1.54) is 6.92 Å². The summed E-state index contributed by atoms with van der Waals surface area (Å²) >= 11 is 0. The van der Waals surface area contributed by atoms with Crippen LogP contribution in [0, 0.1) is 0 Å². The van der Waals surface area contributed by atoms with Crippen LogP contribution in [-0.2, 0) is 9.59 Å². The van der Waals surface area contributed by atoms with Gasteiger partial charge in [-0.25, -0.2) is 0 Å². The summed E-state index contributed by atoms with van der Waals surface area (Å²) in [4.78, 5) is 22.3. The summed E-state index contributed by atoms with van der Waals surface area (Å²) in [6, 6.07) is -0.176. The number of rotatable bonds is 9. The monoisotopic (exact) mass is 214 g/mol. The van der Waals surface area contributed by atoms with Crippen molar-refractivity contribution >= 4 is 11.6 Å². The number of nitrogens with two attached hydrogens (primary N) is 1. The number of hydrogen-bond acceptors (Lipinski definition) is 4. The first kappa shape index (κ1) is 14.3. The van der Waals surface area contributed by atoms with Gasteiger partial charge in [-0.2, -0.15) is 0 Å². The van der Waals surface area contributed by atoms with Gasteiger partial charge in [0.1, 0.15) is 11.6 Å². The maximum absolute atomic E-state index is 11.5. The zero-order chi connectivity index (χ0) is 11.7. The Morgan fingerprint density at radius 2 is 2.00 bits per heavy atom. The first-order chi connectivity index (χ1) is 7.11. The fourth-order valence-corrected chi connectivity index (χ4v) is 1.38. The third kappa shape index (κ3) is 7.22. The SMILES string of the molecule is CCC(=O)C(CCCCN)NCC(C)=O. The Morgan fingerprint density at radius 3 is 2.47 bits per heavy atom. The predicted octanol–water partition coefficient (Wildman–Crippen LogP) is 0.642. The maximum Gasteiger partial charge on any atom is 0.149 e. The number of carbonyl (C=O) groups excluding carboxylic acids is 2. The first-order valence-corrected chi connectivity index (χ1v) is 5.57. The van der Waals surface area contributed by atoms with Crippen molar-refractivity contribution in [3.63, 3.8) is 0 Å². The molecule has 15 heavy (non-hydrogen) atoms. The third-order valence-electron chi connectivity index (χ3n) is 2.28. The molecule has 0 saturated carbocycles. The lowest BCUT2D eigenvalue weighted by Gasteiger charge is -2.15. The van der Waals surface area contributed by atoms with Crippen molar-refractivity contribution in [3.05, 3.63) is 0 Å². The fourth-order valence-electron chi connectivity index (χ4n) is 1.38. The molecule has 0 fully saturated rings. The molecular formula is C11H22N2O2. The summed E-state index contributed by atoms with van der Waals surface area (Å²) in [5, 5.41) is 2.99. The summed E-state index contributed by atoms with van der Waals surface area (Å²) in [7, 11) is 0. The van der Waals surface area contributed by atoms with E-state index in [2.05, 4.69) is 5.32 Å². The standard InChI is InChI=1S/C11H22N2O2/c1-3-11(15)10(6-4-5-7-12)13-8-9(2)14/h10,13H,3-8,12H2,1-2H3. The van der Waals surface area contributed by atoms with Crippen molar-refractivity contribution in [2.45, 2.75) is 45.6 Å². The van der Waals surface area contributed by atoms with Crippen molar-refractivity contribution in [1.82, 2.24) is 5.32 Å². The lowest BCUT2D eigenvalue weighted by molar-refractivity contribution is -0.121. The van der Waals surface area contributed by atoms with Crippen molar-refractivity contribution in [2.24, 2.45) is 5.73 Å². The van der Waals surface area contributed by atoms with Crippen LogP contribution in [0.3, 0.4) is 0 Å². The topological polar surface area (TPSA) is 72.2 Å². The molecule has 0 aromatic rings. The lowest BCUT2D eigenvalue weighted by atomic mass is 10.0. The predicted molar refractivity (Wildman–Crippen MR) is 60.7 cm³/mol. The van der Waals surface area contributed by atoms with Gasteiger partial charge < -0.3 is 11.1 Å². The minimum Gasteiger partial charge on any atom is -0.330 e. The molecule has 0 heterocycles. The van der Waals surface area contributed by atoms with Crippen LogP contribution < -0.4 is 11.1 Å². The molecular weight excluding hydrogens is 192 g/mol. The summed E-state index contributed by atoms with van der Waals surface area (Å²) in [6.07, 6.45) is 3.14. The number of Topliss-reactive ketones (excluding diaryl/α,β-unsaturated/α-hetero) is 2. The molecule has 0 amide bonds. The highest BCUT2D eigenvalue weighted by Crippen LogP contribution is 2.03. The van der Waals surface area contributed by atoms with Crippen LogP contribution in [0.15, 0.2) is 0 Å². The van der Waals surface area contributed by atoms with E-state index in [-0.39, 0.29) is 24.2 Å². The molecule has 1 unspecified atom stereocenters. The number of nitrogens with one attached hydrogen (secondary N) is 1. The second kappa shape index (κ2) is 8.56. The van der Waals surface area contributed by atoms with Gasteiger partial charge in [0.05, 0.1) is 12.6 Å². The van der Waals surface area contributed by atoms with Crippen LogP contribution in [0.1, 0.15) is 39.5 Å². The van der Waals surface area contributed by atoms with Crippen LogP contribution in [0.5, 0.6) is 0 Å². The van der Waals surface area contributed by atoms with Gasteiger partial charge in [-0.05, 0) is 26.3 Å². The second-order valence-corrected chi connectivity index (χ2v) is 3.74. The molecule has 1 atom stereocenters. The van der Waals surface area contributed by atoms with Gasteiger partial charge in [-0.15, -0.1) is 0 Å². The minimum absolute atomic E-state index is 0.0581. The van der Waals surface area contributed by atoms with Crippen LogP contribution in [-0.4, -0.2) is 30.7 Å². The Bertz CT molecular complexity index is 205. The Balaban J connectivity index is 3.95. The van der Waals surface area contributed by atoms with Crippen LogP contribution in [0.4, 0.5) is 0 Å². The van der Waals surface area contributed by atoms with Gasteiger partial charge >= 0.3 is 0 Å². The summed E-state index contributed by atoms with van der Waals surface area (Å²) in [5.74, 6) is 0.232. The van der Waals surface area contributed by atoms with E-state index >= 15 is 0 Å². The zero-order valence-corrected chi connectivity index (χ0v) is 9.71. The van der Waals surface area contributed by atoms with E-state index in [1.807, 2.05) is 6.92 Å². The number of ketones is 2. The third-order valence-corrected chi connectivity index (χ3v) is 2.28. The molecule has 3 N–H and O–H groups in total. The molecule has 0 aliphatic rings. The first-order valence-electron chi connectivity index (χ1n) is 5.57. The van der Waals surface area contributed by atoms with Gasteiger partial charge in [0.2, 0.25) is 0 Å². The smallest absolute Gasteiger partial charge is 0.149 e.